The minimum atomic E-state index is -0.682. The molecule has 0 aromatic heterocycles. The molecular weight excluding hydrogens is 152 g/mol. The summed E-state index contributed by atoms with van der Waals surface area (Å²) in [6.45, 7) is 5.39. The lowest BCUT2D eigenvalue weighted by Crippen LogP contribution is -2.08. The molecule has 0 aliphatic heterocycles. The van der Waals surface area contributed by atoms with E-state index in [0.29, 0.717) is 0 Å². The molecule has 0 fully saturated rings. The Bertz CT molecular complexity index is 141. The summed E-state index contributed by atoms with van der Waals surface area (Å²) in [5, 5.41) is 8.57. The Kier molecular flexibility index (Phi) is 6.44. The van der Waals surface area contributed by atoms with Gasteiger partial charge in [0.05, 0.1) is 5.92 Å². The highest BCUT2D eigenvalue weighted by atomic mass is 16.4. The third-order valence-corrected chi connectivity index (χ3v) is 1.97. The molecular formula is C10H18O2. The average molecular weight is 170 g/mol. The van der Waals surface area contributed by atoms with Crippen LogP contribution < -0.4 is 0 Å². The van der Waals surface area contributed by atoms with Crippen molar-refractivity contribution in [2.75, 3.05) is 0 Å². The summed E-state index contributed by atoms with van der Waals surface area (Å²) < 4.78 is 0. The minimum absolute atomic E-state index is 0.186. The molecule has 0 unspecified atom stereocenters. The fourth-order valence-electron chi connectivity index (χ4n) is 1.04. The first-order valence-electron chi connectivity index (χ1n) is 4.52. The molecule has 0 saturated heterocycles. The number of carboxylic acids is 1. The summed E-state index contributed by atoms with van der Waals surface area (Å²) in [7, 11) is 0. The van der Waals surface area contributed by atoms with Gasteiger partial charge < -0.3 is 5.11 Å². The summed E-state index contributed by atoms with van der Waals surface area (Å²) in [6, 6.07) is 0. The average Bonchev–Trinajstić information content (AvgIpc) is 2.03. The van der Waals surface area contributed by atoms with E-state index in [-0.39, 0.29) is 5.92 Å². The van der Waals surface area contributed by atoms with E-state index >= 15 is 0 Å². The topological polar surface area (TPSA) is 37.3 Å². The molecule has 1 N–H and O–H groups in total. The fraction of sp³-hybridized carbons (Fsp3) is 0.700. The number of rotatable bonds is 7. The van der Waals surface area contributed by atoms with Gasteiger partial charge in [0.1, 0.15) is 0 Å². The normalized spacial score (nSPS) is 12.4. The standard InChI is InChI=1S/C10H18O2/c1-3-4-5-6-7-8-9(2)10(11)12/h3,9H,1,4-8H2,2H3,(H,11,12)/t9-/m1/s1. The Hall–Kier alpha value is -0.790. The molecule has 0 heterocycles. The van der Waals surface area contributed by atoms with Gasteiger partial charge in [0.15, 0.2) is 0 Å². The molecule has 0 spiro atoms. The smallest absolute Gasteiger partial charge is 0.306 e. The minimum Gasteiger partial charge on any atom is -0.481 e. The number of unbranched alkanes of at least 4 members (excludes halogenated alkanes) is 3. The van der Waals surface area contributed by atoms with Crippen LogP contribution in [0.5, 0.6) is 0 Å². The zero-order chi connectivity index (χ0) is 9.40. The van der Waals surface area contributed by atoms with Crippen molar-refractivity contribution in [3.8, 4) is 0 Å². The summed E-state index contributed by atoms with van der Waals surface area (Å²) in [6.07, 6.45) is 7.01. The van der Waals surface area contributed by atoms with E-state index in [1.54, 1.807) is 6.92 Å². The van der Waals surface area contributed by atoms with Gasteiger partial charge in [0.2, 0.25) is 0 Å². The van der Waals surface area contributed by atoms with Gasteiger partial charge in [-0.1, -0.05) is 25.8 Å². The Balaban J connectivity index is 3.19. The molecule has 1 atom stereocenters. The molecule has 0 amide bonds. The first-order valence-corrected chi connectivity index (χ1v) is 4.52. The van der Waals surface area contributed by atoms with Gasteiger partial charge >= 0.3 is 5.97 Å². The van der Waals surface area contributed by atoms with E-state index in [1.165, 1.54) is 0 Å². The Morgan fingerprint density at radius 3 is 2.67 bits per heavy atom. The molecule has 0 aliphatic rings. The number of allylic oxidation sites excluding steroid dienone is 1. The largest absolute Gasteiger partial charge is 0.481 e. The maximum Gasteiger partial charge on any atom is 0.306 e. The van der Waals surface area contributed by atoms with Crippen LogP contribution in [0.25, 0.3) is 0 Å². The van der Waals surface area contributed by atoms with Gasteiger partial charge in [0.25, 0.3) is 0 Å². The van der Waals surface area contributed by atoms with Gasteiger partial charge in [-0.3, -0.25) is 4.79 Å². The first-order chi connectivity index (χ1) is 5.68. The zero-order valence-corrected chi connectivity index (χ0v) is 7.75. The van der Waals surface area contributed by atoms with Gasteiger partial charge in [0, 0.05) is 0 Å². The highest BCUT2D eigenvalue weighted by Crippen LogP contribution is 2.10. The van der Waals surface area contributed by atoms with E-state index < -0.39 is 5.97 Å². The van der Waals surface area contributed by atoms with Crippen LogP contribution in [0.2, 0.25) is 0 Å². The fourth-order valence-corrected chi connectivity index (χ4v) is 1.04. The van der Waals surface area contributed by atoms with Crippen molar-refractivity contribution in [3.05, 3.63) is 12.7 Å². The number of carboxylic acid groups (broad SMARTS) is 1. The van der Waals surface area contributed by atoms with Crippen molar-refractivity contribution in [3.63, 3.8) is 0 Å². The number of hydrogen-bond donors (Lipinski definition) is 1. The Morgan fingerprint density at radius 1 is 1.50 bits per heavy atom. The van der Waals surface area contributed by atoms with Crippen LogP contribution in [0.4, 0.5) is 0 Å². The van der Waals surface area contributed by atoms with Gasteiger partial charge in [-0.15, -0.1) is 6.58 Å². The molecule has 0 aromatic carbocycles. The number of hydrogen-bond acceptors (Lipinski definition) is 1. The lowest BCUT2D eigenvalue weighted by atomic mass is 10.0. The Morgan fingerprint density at radius 2 is 2.17 bits per heavy atom. The molecule has 2 nitrogen and oxygen atoms in total. The molecule has 0 aliphatic carbocycles. The maximum absolute atomic E-state index is 10.4. The lowest BCUT2D eigenvalue weighted by molar-refractivity contribution is -0.141. The Labute approximate surface area is 74.3 Å². The third-order valence-electron chi connectivity index (χ3n) is 1.97. The molecule has 70 valence electrons. The van der Waals surface area contributed by atoms with Crippen LogP contribution in [0.3, 0.4) is 0 Å². The highest BCUT2D eigenvalue weighted by Gasteiger charge is 2.08. The SMILES string of the molecule is C=CCCCCC[C@@H](C)C(=O)O. The monoisotopic (exact) mass is 170 g/mol. The van der Waals surface area contributed by atoms with Crippen molar-refractivity contribution in [2.45, 2.75) is 39.0 Å². The predicted molar refractivity (Wildman–Crippen MR) is 50.1 cm³/mol. The lowest BCUT2D eigenvalue weighted by Gasteiger charge is -2.04. The van der Waals surface area contributed by atoms with Crippen LogP contribution in [0.15, 0.2) is 12.7 Å². The van der Waals surface area contributed by atoms with Crippen LogP contribution in [0, 0.1) is 5.92 Å². The van der Waals surface area contributed by atoms with Crippen LogP contribution in [-0.4, -0.2) is 11.1 Å². The molecule has 0 saturated carbocycles. The summed E-state index contributed by atoms with van der Waals surface area (Å²) in [4.78, 5) is 10.4. The second-order valence-electron chi connectivity index (χ2n) is 3.17. The van der Waals surface area contributed by atoms with Gasteiger partial charge in [-0.05, 0) is 19.3 Å². The van der Waals surface area contributed by atoms with E-state index in [4.69, 9.17) is 5.11 Å². The van der Waals surface area contributed by atoms with Crippen LogP contribution >= 0.6 is 0 Å². The predicted octanol–water partition coefficient (Wildman–Crippen LogP) is 2.84. The van der Waals surface area contributed by atoms with Crippen molar-refractivity contribution < 1.29 is 9.90 Å². The van der Waals surface area contributed by atoms with Crippen LogP contribution in [-0.2, 0) is 4.79 Å². The number of carbonyl (C=O) groups is 1. The van der Waals surface area contributed by atoms with E-state index in [9.17, 15) is 4.79 Å². The van der Waals surface area contributed by atoms with Crippen molar-refractivity contribution in [2.24, 2.45) is 5.92 Å². The van der Waals surface area contributed by atoms with Gasteiger partial charge in [-0.25, -0.2) is 0 Å². The molecule has 0 rings (SSSR count). The van der Waals surface area contributed by atoms with Crippen LogP contribution in [0.1, 0.15) is 39.0 Å². The zero-order valence-electron chi connectivity index (χ0n) is 7.75. The molecule has 0 bridgehead atoms. The van der Waals surface area contributed by atoms with Crippen molar-refractivity contribution in [1.82, 2.24) is 0 Å². The van der Waals surface area contributed by atoms with E-state index in [2.05, 4.69) is 6.58 Å². The summed E-state index contributed by atoms with van der Waals surface area (Å²) >= 11 is 0. The molecule has 12 heavy (non-hydrogen) atoms. The second-order valence-corrected chi connectivity index (χ2v) is 3.17. The second kappa shape index (κ2) is 6.89. The quantitative estimate of drug-likeness (QED) is 0.471. The molecule has 0 radical (unpaired) electrons. The van der Waals surface area contributed by atoms with E-state index in [0.717, 1.165) is 32.1 Å². The maximum atomic E-state index is 10.4. The van der Waals surface area contributed by atoms with Crippen molar-refractivity contribution in [1.29, 1.82) is 0 Å². The first kappa shape index (κ1) is 11.2. The summed E-state index contributed by atoms with van der Waals surface area (Å²) in [5.74, 6) is -0.868. The number of aliphatic carboxylic acids is 1. The molecule has 2 heteroatoms. The van der Waals surface area contributed by atoms with Gasteiger partial charge in [-0.2, -0.15) is 0 Å². The summed E-state index contributed by atoms with van der Waals surface area (Å²) in [5.41, 5.74) is 0. The van der Waals surface area contributed by atoms with E-state index in [1.807, 2.05) is 6.08 Å². The van der Waals surface area contributed by atoms with Crippen molar-refractivity contribution >= 4 is 5.97 Å². The highest BCUT2D eigenvalue weighted by molar-refractivity contribution is 5.69. The molecule has 0 aromatic rings. The third kappa shape index (κ3) is 5.96.